The summed E-state index contributed by atoms with van der Waals surface area (Å²) in [4.78, 5) is 40.8. The molecule has 31 heavy (non-hydrogen) atoms. The molecule has 2 saturated carbocycles. The minimum atomic E-state index is -0.686. The molecule has 6 atom stereocenters. The Morgan fingerprint density at radius 2 is 1.58 bits per heavy atom. The van der Waals surface area contributed by atoms with E-state index in [4.69, 9.17) is 27.9 Å². The first-order valence-electron chi connectivity index (χ1n) is 10.3. The Hall–Kier alpha value is -2.63. The summed E-state index contributed by atoms with van der Waals surface area (Å²) in [6.45, 7) is 0. The minimum Gasteiger partial charge on any atom is -0.421 e. The van der Waals surface area contributed by atoms with Gasteiger partial charge >= 0.3 is 5.97 Å². The van der Waals surface area contributed by atoms with Crippen molar-refractivity contribution in [3.63, 3.8) is 0 Å². The maximum atomic E-state index is 13.4. The summed E-state index contributed by atoms with van der Waals surface area (Å²) in [5.74, 6) is -0.283. The van der Waals surface area contributed by atoms with Crippen molar-refractivity contribution in [1.29, 1.82) is 0 Å². The molecule has 156 valence electrons. The van der Waals surface area contributed by atoms with Crippen LogP contribution in [-0.2, 0) is 9.59 Å². The molecule has 2 aromatic rings. The number of rotatable bonds is 3. The first kappa shape index (κ1) is 19.1. The molecule has 0 aromatic heterocycles. The third kappa shape index (κ3) is 2.73. The number of imide groups is 1. The number of hydrogen-bond donors (Lipinski definition) is 0. The van der Waals surface area contributed by atoms with Crippen LogP contribution in [-0.4, -0.2) is 17.8 Å². The van der Waals surface area contributed by atoms with Crippen molar-refractivity contribution in [1.82, 2.24) is 0 Å². The van der Waals surface area contributed by atoms with Crippen LogP contribution < -0.4 is 9.64 Å². The molecule has 2 aromatic carbocycles. The molecule has 5 nitrogen and oxygen atoms in total. The molecule has 5 aliphatic rings. The molecule has 4 aliphatic carbocycles. The fourth-order valence-electron chi connectivity index (χ4n) is 5.73. The molecule has 3 fully saturated rings. The first-order valence-corrected chi connectivity index (χ1v) is 11.0. The van der Waals surface area contributed by atoms with Gasteiger partial charge in [-0.3, -0.25) is 9.59 Å². The van der Waals surface area contributed by atoms with Gasteiger partial charge in [0.05, 0.1) is 28.1 Å². The minimum absolute atomic E-state index is 0.129. The summed E-state index contributed by atoms with van der Waals surface area (Å²) in [5.41, 5.74) is 0.439. The Balaban J connectivity index is 1.33. The van der Waals surface area contributed by atoms with Gasteiger partial charge in [0.1, 0.15) is 0 Å². The number of anilines is 1. The van der Waals surface area contributed by atoms with Crippen molar-refractivity contribution >= 4 is 46.7 Å². The van der Waals surface area contributed by atoms with E-state index in [0.29, 0.717) is 22.5 Å². The molecule has 2 amide bonds. The molecule has 0 N–H and O–H groups in total. The second-order valence-electron chi connectivity index (χ2n) is 8.65. The Kier molecular flexibility index (Phi) is 4.11. The van der Waals surface area contributed by atoms with Gasteiger partial charge in [0, 0.05) is 5.02 Å². The number of ether oxygens (including phenoxy) is 1. The standard InChI is InChI=1S/C24H17Cl2NO4/c25-11-5-6-14(17(26)9-11)24(30)31-19-4-2-1-3-18(19)27-22(28)20-12-7-8-13(16-10-15(12)16)21(20)23(27)29/h1-9,12-13,15-16,20-21H,10H2/t12-,13-,15-,16-,20+,21+/m0/s1. The van der Waals surface area contributed by atoms with Crippen molar-refractivity contribution < 1.29 is 19.1 Å². The van der Waals surface area contributed by atoms with Crippen LogP contribution in [0.3, 0.4) is 0 Å². The van der Waals surface area contributed by atoms with E-state index in [-0.39, 0.29) is 51.8 Å². The van der Waals surface area contributed by atoms with Gasteiger partial charge in [-0.1, -0.05) is 47.5 Å². The average molecular weight is 454 g/mol. The molecule has 7 rings (SSSR count). The average Bonchev–Trinajstić information content (AvgIpc) is 3.52. The summed E-state index contributed by atoms with van der Waals surface area (Å²) in [7, 11) is 0. The number of halogens is 2. The van der Waals surface area contributed by atoms with Crippen LogP contribution in [0, 0.1) is 35.5 Å². The lowest BCUT2D eigenvalue weighted by Crippen LogP contribution is -2.40. The van der Waals surface area contributed by atoms with E-state index in [1.807, 2.05) is 0 Å². The largest absolute Gasteiger partial charge is 0.421 e. The first-order chi connectivity index (χ1) is 15.0. The van der Waals surface area contributed by atoms with E-state index in [1.54, 1.807) is 30.3 Å². The van der Waals surface area contributed by atoms with Gasteiger partial charge in [0.2, 0.25) is 11.8 Å². The Morgan fingerprint density at radius 3 is 2.23 bits per heavy atom. The predicted octanol–water partition coefficient (Wildman–Crippen LogP) is 4.77. The molecule has 1 aliphatic heterocycles. The van der Waals surface area contributed by atoms with Crippen LogP contribution in [0.4, 0.5) is 5.69 Å². The van der Waals surface area contributed by atoms with Crippen molar-refractivity contribution in [2.24, 2.45) is 35.5 Å². The third-order valence-corrected chi connectivity index (χ3v) is 7.67. The zero-order valence-corrected chi connectivity index (χ0v) is 17.7. The second kappa shape index (κ2) is 6.68. The highest BCUT2D eigenvalue weighted by Crippen LogP contribution is 2.65. The second-order valence-corrected chi connectivity index (χ2v) is 9.49. The van der Waals surface area contributed by atoms with Crippen molar-refractivity contribution in [3.05, 3.63) is 70.2 Å². The lowest BCUT2D eigenvalue weighted by molar-refractivity contribution is -0.124. The number of amides is 2. The number of nitrogens with zero attached hydrogens (tertiary/aromatic N) is 1. The summed E-state index contributed by atoms with van der Waals surface area (Å²) in [6, 6.07) is 11.1. The lowest BCUT2D eigenvalue weighted by atomic mass is 9.63. The van der Waals surface area contributed by atoms with Crippen LogP contribution in [0.2, 0.25) is 10.0 Å². The van der Waals surface area contributed by atoms with Crippen molar-refractivity contribution in [3.8, 4) is 5.75 Å². The van der Waals surface area contributed by atoms with E-state index in [0.717, 1.165) is 6.42 Å². The summed E-state index contributed by atoms with van der Waals surface area (Å²) in [5, 5.41) is 0.565. The van der Waals surface area contributed by atoms with Crippen LogP contribution in [0.15, 0.2) is 54.6 Å². The van der Waals surface area contributed by atoms with Crippen LogP contribution in [0.25, 0.3) is 0 Å². The Morgan fingerprint density at radius 1 is 0.935 bits per heavy atom. The summed E-state index contributed by atoms with van der Waals surface area (Å²) >= 11 is 12.0. The van der Waals surface area contributed by atoms with Gasteiger partial charge in [0.15, 0.2) is 5.75 Å². The van der Waals surface area contributed by atoms with E-state index in [1.165, 1.54) is 17.0 Å². The Bertz CT molecular complexity index is 1160. The monoisotopic (exact) mass is 453 g/mol. The molecule has 2 bridgehead atoms. The number of carbonyl (C=O) groups excluding carboxylic acids is 3. The van der Waals surface area contributed by atoms with Gasteiger partial charge in [-0.25, -0.2) is 9.69 Å². The zero-order valence-electron chi connectivity index (χ0n) is 16.2. The van der Waals surface area contributed by atoms with Gasteiger partial charge in [-0.05, 0) is 60.4 Å². The predicted molar refractivity (Wildman–Crippen MR) is 115 cm³/mol. The molecule has 0 unspecified atom stereocenters. The lowest BCUT2D eigenvalue weighted by Gasteiger charge is -2.37. The molecule has 0 spiro atoms. The van der Waals surface area contributed by atoms with Crippen LogP contribution >= 0.6 is 23.2 Å². The van der Waals surface area contributed by atoms with E-state index < -0.39 is 5.97 Å². The molecule has 0 radical (unpaired) electrons. The number of esters is 1. The zero-order chi connectivity index (χ0) is 21.4. The Labute approximate surface area is 188 Å². The third-order valence-electron chi connectivity index (χ3n) is 7.12. The number of carbonyl (C=O) groups is 3. The number of allylic oxidation sites excluding steroid dienone is 2. The number of para-hydroxylation sites is 2. The topological polar surface area (TPSA) is 63.7 Å². The smallest absolute Gasteiger partial charge is 0.345 e. The fraction of sp³-hybridized carbons (Fsp3) is 0.292. The maximum Gasteiger partial charge on any atom is 0.345 e. The number of benzene rings is 2. The van der Waals surface area contributed by atoms with E-state index in [2.05, 4.69) is 12.2 Å². The van der Waals surface area contributed by atoms with Gasteiger partial charge in [-0.2, -0.15) is 0 Å². The van der Waals surface area contributed by atoms with Gasteiger partial charge in [0.25, 0.3) is 0 Å². The summed E-state index contributed by atoms with van der Waals surface area (Å²) < 4.78 is 5.59. The fourth-order valence-corrected chi connectivity index (χ4v) is 6.22. The molecular formula is C24H17Cl2NO4. The highest BCUT2D eigenvalue weighted by atomic mass is 35.5. The van der Waals surface area contributed by atoms with Crippen molar-refractivity contribution in [2.75, 3.05) is 4.90 Å². The van der Waals surface area contributed by atoms with Gasteiger partial charge < -0.3 is 4.74 Å². The van der Waals surface area contributed by atoms with E-state index in [9.17, 15) is 14.4 Å². The normalized spacial score (nSPS) is 32.1. The highest BCUT2D eigenvalue weighted by Gasteiger charge is 2.67. The molecular weight excluding hydrogens is 437 g/mol. The molecule has 7 heteroatoms. The van der Waals surface area contributed by atoms with E-state index >= 15 is 0 Å². The summed E-state index contributed by atoms with van der Waals surface area (Å²) in [6.07, 6.45) is 5.36. The maximum absolute atomic E-state index is 13.4. The van der Waals surface area contributed by atoms with Gasteiger partial charge in [-0.15, -0.1) is 0 Å². The van der Waals surface area contributed by atoms with Crippen LogP contribution in [0.5, 0.6) is 5.75 Å². The molecule has 1 saturated heterocycles. The number of hydrogen-bond acceptors (Lipinski definition) is 4. The van der Waals surface area contributed by atoms with Crippen molar-refractivity contribution in [2.45, 2.75) is 6.42 Å². The SMILES string of the molecule is O=C(Oc1ccccc1N1C(=O)[C@@H]2[C@H]3C=C[C@@H]([C@@H]4C[C@@H]34)[C@H]2C1=O)c1ccc(Cl)cc1Cl. The molecule has 1 heterocycles. The highest BCUT2D eigenvalue weighted by molar-refractivity contribution is 6.36. The quantitative estimate of drug-likeness (QED) is 0.290. The van der Waals surface area contributed by atoms with Crippen LogP contribution in [0.1, 0.15) is 16.8 Å².